The summed E-state index contributed by atoms with van der Waals surface area (Å²) < 4.78 is 0. The van der Waals surface area contributed by atoms with Crippen LogP contribution < -0.4 is 5.73 Å². The minimum Gasteiger partial charge on any atom is -0.479 e. The highest BCUT2D eigenvalue weighted by Gasteiger charge is 2.06. The van der Waals surface area contributed by atoms with Crippen LogP contribution >= 0.6 is 23.6 Å². The topological polar surface area (TPSA) is 97.8 Å². The van der Waals surface area contributed by atoms with Crippen LogP contribution in [0.3, 0.4) is 0 Å². The number of carbonyl (C=O) groups is 1. The van der Waals surface area contributed by atoms with Crippen LogP contribution in [-0.2, 0) is 9.63 Å². The highest BCUT2D eigenvalue weighted by molar-refractivity contribution is 7.80. The van der Waals surface area contributed by atoms with Gasteiger partial charge in [0.05, 0.1) is 0 Å². The van der Waals surface area contributed by atoms with Crippen molar-refractivity contribution in [3.8, 4) is 0 Å². The molecular formula is C7H7N3O3S2. The van der Waals surface area contributed by atoms with Crippen molar-refractivity contribution in [2.45, 2.75) is 0 Å². The third kappa shape index (κ3) is 3.60. The molecule has 1 heterocycles. The van der Waals surface area contributed by atoms with Crippen molar-refractivity contribution >= 4 is 45.7 Å². The quantitative estimate of drug-likeness (QED) is 0.446. The summed E-state index contributed by atoms with van der Waals surface area (Å²) in [4.78, 5) is 18.6. The fourth-order valence-corrected chi connectivity index (χ4v) is 1.41. The molecule has 6 nitrogen and oxygen atoms in total. The highest BCUT2D eigenvalue weighted by Crippen LogP contribution is 2.11. The van der Waals surface area contributed by atoms with Crippen LogP contribution in [0.15, 0.2) is 10.5 Å². The standard InChI is InChI=1S/C7H7N3O3S2/c8-7-9-5(3-15-7)4(2-14)10-13-1-6(11)12/h2-3H,1H2,(H2,8,9)(H,11,12)/b10-4-. The first-order valence-electron chi connectivity index (χ1n) is 3.71. The van der Waals surface area contributed by atoms with Crippen LogP contribution in [0.4, 0.5) is 5.13 Å². The molecule has 80 valence electrons. The molecule has 0 bridgehead atoms. The summed E-state index contributed by atoms with van der Waals surface area (Å²) in [5.41, 5.74) is 6.16. The van der Waals surface area contributed by atoms with E-state index < -0.39 is 12.6 Å². The maximum absolute atomic E-state index is 10.1. The Balaban J connectivity index is 2.71. The molecule has 0 unspecified atom stereocenters. The first kappa shape index (κ1) is 11.5. The molecule has 0 aliphatic heterocycles. The lowest BCUT2D eigenvalue weighted by atomic mass is 10.3. The number of nitrogens with two attached hydrogens (primary N) is 1. The lowest BCUT2D eigenvalue weighted by molar-refractivity contribution is -0.142. The predicted molar refractivity (Wildman–Crippen MR) is 60.3 cm³/mol. The zero-order valence-corrected chi connectivity index (χ0v) is 9.05. The molecule has 0 saturated carbocycles. The van der Waals surface area contributed by atoms with Gasteiger partial charge in [-0.3, -0.25) is 0 Å². The maximum atomic E-state index is 10.1. The number of aliphatic carboxylic acids is 1. The fourth-order valence-electron chi connectivity index (χ4n) is 0.691. The van der Waals surface area contributed by atoms with Gasteiger partial charge < -0.3 is 15.7 Å². The van der Waals surface area contributed by atoms with Crippen molar-refractivity contribution in [2.24, 2.45) is 5.16 Å². The van der Waals surface area contributed by atoms with Gasteiger partial charge in [-0.05, 0) is 0 Å². The van der Waals surface area contributed by atoms with E-state index in [2.05, 4.69) is 27.2 Å². The Morgan fingerprint density at radius 2 is 2.60 bits per heavy atom. The van der Waals surface area contributed by atoms with Gasteiger partial charge in [0.2, 0.25) is 6.61 Å². The van der Waals surface area contributed by atoms with E-state index in [4.69, 9.17) is 10.8 Å². The third-order valence-corrected chi connectivity index (χ3v) is 2.14. The van der Waals surface area contributed by atoms with Gasteiger partial charge in [-0.15, -0.1) is 11.3 Å². The largest absolute Gasteiger partial charge is 0.479 e. The number of hydrogen-bond acceptors (Lipinski definition) is 7. The van der Waals surface area contributed by atoms with E-state index in [9.17, 15) is 4.79 Å². The second-order valence-electron chi connectivity index (χ2n) is 2.33. The van der Waals surface area contributed by atoms with E-state index in [0.717, 1.165) is 0 Å². The van der Waals surface area contributed by atoms with Crippen molar-refractivity contribution < 1.29 is 14.7 Å². The molecule has 0 fully saturated rings. The summed E-state index contributed by atoms with van der Waals surface area (Å²) in [5, 5.41) is 15.1. The average Bonchev–Trinajstić information content (AvgIpc) is 2.59. The number of carboxylic acids is 1. The minimum absolute atomic E-state index is 0.277. The van der Waals surface area contributed by atoms with E-state index in [1.165, 1.54) is 16.7 Å². The summed E-state index contributed by atoms with van der Waals surface area (Å²) in [5.74, 6) is -1.11. The molecule has 0 radical (unpaired) electrons. The third-order valence-electron chi connectivity index (χ3n) is 1.25. The first-order chi connectivity index (χ1) is 7.13. The Morgan fingerprint density at radius 3 is 3.07 bits per heavy atom. The summed E-state index contributed by atoms with van der Waals surface area (Å²) in [6.07, 6.45) is 0. The fraction of sp³-hybridized carbons (Fsp3) is 0.143. The summed E-state index contributed by atoms with van der Waals surface area (Å²) in [6.45, 7) is -0.522. The Bertz CT molecular complexity index is 402. The smallest absolute Gasteiger partial charge is 0.344 e. The molecule has 15 heavy (non-hydrogen) atoms. The Hall–Kier alpha value is -1.54. The molecule has 1 aromatic heterocycles. The molecule has 0 atom stereocenters. The average molecular weight is 245 g/mol. The van der Waals surface area contributed by atoms with Crippen molar-refractivity contribution in [2.75, 3.05) is 12.3 Å². The SMILES string of the molecule is Nc1nc(/C(C=S)=N\OCC(=O)O)cs1. The van der Waals surface area contributed by atoms with Gasteiger partial charge in [0.25, 0.3) is 0 Å². The molecule has 0 saturated heterocycles. The summed E-state index contributed by atoms with van der Waals surface area (Å²) in [7, 11) is 0. The van der Waals surface area contributed by atoms with Crippen molar-refractivity contribution in [1.82, 2.24) is 4.98 Å². The Labute approximate surface area is 94.4 Å². The van der Waals surface area contributed by atoms with Gasteiger partial charge in [0.1, 0.15) is 11.4 Å². The molecule has 0 aliphatic rings. The summed E-state index contributed by atoms with van der Waals surface area (Å²) >= 11 is 5.92. The normalized spacial score (nSPS) is 11.1. The van der Waals surface area contributed by atoms with Gasteiger partial charge in [-0.1, -0.05) is 17.4 Å². The van der Waals surface area contributed by atoms with Gasteiger partial charge in [-0.25, -0.2) is 9.78 Å². The molecule has 0 aromatic carbocycles. The van der Waals surface area contributed by atoms with Crippen LogP contribution in [0.2, 0.25) is 0 Å². The molecule has 1 aromatic rings. The Kier molecular flexibility index (Phi) is 4.13. The molecule has 0 spiro atoms. The van der Waals surface area contributed by atoms with E-state index in [-0.39, 0.29) is 5.71 Å². The van der Waals surface area contributed by atoms with Gasteiger partial charge in [0, 0.05) is 10.7 Å². The summed E-state index contributed by atoms with van der Waals surface area (Å²) in [6, 6.07) is 0. The highest BCUT2D eigenvalue weighted by atomic mass is 32.1. The van der Waals surface area contributed by atoms with E-state index in [0.29, 0.717) is 10.8 Å². The van der Waals surface area contributed by atoms with E-state index in [1.54, 1.807) is 5.38 Å². The number of thiocarbonyl (C=S) groups is 1. The monoisotopic (exact) mass is 245 g/mol. The van der Waals surface area contributed by atoms with Crippen LogP contribution in [0.5, 0.6) is 0 Å². The number of carboxylic acid groups (broad SMARTS) is 1. The molecule has 0 aliphatic carbocycles. The Morgan fingerprint density at radius 1 is 1.87 bits per heavy atom. The van der Waals surface area contributed by atoms with Gasteiger partial charge in [-0.2, -0.15) is 0 Å². The number of anilines is 1. The number of nitrogen functional groups attached to an aromatic ring is 1. The lowest BCUT2D eigenvalue weighted by Crippen LogP contribution is -2.08. The molecule has 1 rings (SSSR count). The number of nitrogens with zero attached hydrogens (tertiary/aromatic N) is 2. The maximum Gasteiger partial charge on any atom is 0.344 e. The number of rotatable bonds is 5. The first-order valence-corrected chi connectivity index (χ1v) is 5.07. The number of hydrogen-bond donors (Lipinski definition) is 2. The zero-order valence-electron chi connectivity index (χ0n) is 7.41. The molecule has 0 amide bonds. The van der Waals surface area contributed by atoms with Crippen molar-refractivity contribution in [3.05, 3.63) is 11.1 Å². The van der Waals surface area contributed by atoms with Crippen LogP contribution in [0, 0.1) is 0 Å². The second kappa shape index (κ2) is 5.37. The van der Waals surface area contributed by atoms with Crippen LogP contribution in [0.25, 0.3) is 0 Å². The van der Waals surface area contributed by atoms with Crippen LogP contribution in [-0.4, -0.2) is 33.7 Å². The minimum atomic E-state index is -1.11. The van der Waals surface area contributed by atoms with E-state index in [1.807, 2.05) is 0 Å². The van der Waals surface area contributed by atoms with Crippen molar-refractivity contribution in [1.29, 1.82) is 0 Å². The zero-order chi connectivity index (χ0) is 11.3. The lowest BCUT2D eigenvalue weighted by Gasteiger charge is -1.96. The van der Waals surface area contributed by atoms with Crippen LogP contribution in [0.1, 0.15) is 5.69 Å². The second-order valence-corrected chi connectivity index (χ2v) is 3.46. The number of aromatic nitrogens is 1. The van der Waals surface area contributed by atoms with E-state index >= 15 is 0 Å². The molecular weight excluding hydrogens is 238 g/mol. The molecule has 3 N–H and O–H groups in total. The number of oxime groups is 1. The number of thiazole rings is 1. The molecule has 8 heteroatoms. The predicted octanol–water partition coefficient (Wildman–Crippen LogP) is 0.530. The van der Waals surface area contributed by atoms with Gasteiger partial charge in [0.15, 0.2) is 5.13 Å². The van der Waals surface area contributed by atoms with Gasteiger partial charge >= 0.3 is 5.97 Å². The van der Waals surface area contributed by atoms with Crippen molar-refractivity contribution in [3.63, 3.8) is 0 Å².